The number of carbonyl (C=O) groups is 5. The Labute approximate surface area is 341 Å². The van der Waals surface area contributed by atoms with Crippen molar-refractivity contribution in [2.45, 2.75) is 23.6 Å². The number of ether oxygens (including phenoxy) is 2. The highest BCUT2D eigenvalue weighted by Gasteiger charge is 2.54. The lowest BCUT2D eigenvalue weighted by molar-refractivity contribution is -0.154. The summed E-state index contributed by atoms with van der Waals surface area (Å²) in [6.07, 6.45) is 0.450. The SMILES string of the molecule is C=CC1=C(C(=O)OC(c2ccccc2)c2ccccc2)N2C(=O)C(NC(=O)/C(=N/OCC(=O)OC(c3ccccc3)c3ccccc3)c3csc(NC=O)n3)[C@H]2SC1. The number of hydrogen-bond donors (Lipinski definition) is 2. The van der Waals surface area contributed by atoms with Crippen LogP contribution in [0.15, 0.2) is 156 Å². The van der Waals surface area contributed by atoms with Crippen LogP contribution in [0.3, 0.4) is 0 Å². The van der Waals surface area contributed by atoms with Crippen LogP contribution in [-0.2, 0) is 38.3 Å². The van der Waals surface area contributed by atoms with Gasteiger partial charge in [-0.1, -0.05) is 139 Å². The average molecular weight is 814 g/mol. The summed E-state index contributed by atoms with van der Waals surface area (Å²) in [5, 5.41) is 10.0. The first kappa shape index (κ1) is 39.4. The van der Waals surface area contributed by atoms with Gasteiger partial charge in [0, 0.05) is 11.1 Å². The summed E-state index contributed by atoms with van der Waals surface area (Å²) in [7, 11) is 0. The molecule has 0 aliphatic carbocycles. The lowest BCUT2D eigenvalue weighted by atomic mass is 10.0. The van der Waals surface area contributed by atoms with Gasteiger partial charge in [0.15, 0.2) is 23.1 Å². The Balaban J connectivity index is 1.07. The highest BCUT2D eigenvalue weighted by molar-refractivity contribution is 8.00. The molecule has 0 bridgehead atoms. The van der Waals surface area contributed by atoms with E-state index in [0.29, 0.717) is 17.7 Å². The molecule has 3 amide bonds. The van der Waals surface area contributed by atoms with Gasteiger partial charge in [-0.15, -0.1) is 23.1 Å². The zero-order valence-corrected chi connectivity index (χ0v) is 32.3. The van der Waals surface area contributed by atoms with Crippen LogP contribution in [0, 0.1) is 0 Å². The third kappa shape index (κ3) is 8.75. The smallest absolute Gasteiger partial charge is 0.356 e. The molecule has 0 spiro atoms. The highest BCUT2D eigenvalue weighted by atomic mass is 32.2. The van der Waals surface area contributed by atoms with E-state index < -0.39 is 54.0 Å². The molecule has 1 unspecified atom stereocenters. The standard InChI is InChI=1S/C43H35N5O8S2/c1-2-27-24-57-41-35(40(52)48(41)36(27)42(53)56-38(30-19-11-5-12-20-30)31-21-13-6-14-22-31)46-39(51)34(32-25-58-43(45-32)44-26-49)47-54-23-33(50)55-37(28-15-7-3-8-16-28)29-17-9-4-10-18-29/h2-22,25-26,35,37-38,41H,1,23-24H2,(H,46,51)(H,44,45,49)/b47-34+/t35?,41-/m1/s1. The topological polar surface area (TPSA) is 166 Å². The minimum absolute atomic E-state index is 0.0116. The maximum absolute atomic E-state index is 14.0. The molecule has 0 saturated carbocycles. The number of nitrogens with zero attached hydrogens (tertiary/aromatic N) is 3. The number of fused-ring (bicyclic) bond motifs is 1. The summed E-state index contributed by atoms with van der Waals surface area (Å²) in [5.74, 6) is -2.60. The molecular formula is C43H35N5O8S2. The third-order valence-electron chi connectivity index (χ3n) is 9.09. The fourth-order valence-electron chi connectivity index (χ4n) is 6.35. The number of benzene rings is 4. The van der Waals surface area contributed by atoms with Crippen LogP contribution < -0.4 is 10.6 Å². The molecule has 2 N–H and O–H groups in total. The number of nitrogens with one attached hydrogen (secondary N) is 2. The van der Waals surface area contributed by atoms with Gasteiger partial charge in [-0.2, -0.15) is 0 Å². The molecule has 2 aliphatic heterocycles. The van der Waals surface area contributed by atoms with Crippen molar-refractivity contribution in [2.75, 3.05) is 17.7 Å². The van der Waals surface area contributed by atoms with Crippen LogP contribution in [-0.4, -0.2) is 69.5 Å². The fourth-order valence-corrected chi connectivity index (χ4v) is 8.34. The highest BCUT2D eigenvalue weighted by Crippen LogP contribution is 2.42. The first-order valence-corrected chi connectivity index (χ1v) is 19.9. The number of amides is 3. The van der Waals surface area contributed by atoms with Crippen molar-refractivity contribution in [3.63, 3.8) is 0 Å². The minimum Gasteiger partial charge on any atom is -0.450 e. The normalized spacial score (nSPS) is 16.2. The molecule has 2 aliphatic rings. The summed E-state index contributed by atoms with van der Waals surface area (Å²) in [4.78, 5) is 76.9. The molecule has 5 aromatic rings. The summed E-state index contributed by atoms with van der Waals surface area (Å²) < 4.78 is 11.9. The molecule has 1 fully saturated rings. The zero-order chi connectivity index (χ0) is 40.4. The van der Waals surface area contributed by atoms with Gasteiger partial charge in [0.05, 0.1) is 0 Å². The molecular weight excluding hydrogens is 779 g/mol. The number of thioether (sulfide) groups is 1. The zero-order valence-electron chi connectivity index (χ0n) is 30.6. The van der Waals surface area contributed by atoms with Crippen LogP contribution in [0.5, 0.6) is 0 Å². The number of oxime groups is 1. The largest absolute Gasteiger partial charge is 0.450 e. The molecule has 2 atom stereocenters. The van der Waals surface area contributed by atoms with Crippen molar-refractivity contribution < 1.29 is 38.3 Å². The van der Waals surface area contributed by atoms with Gasteiger partial charge in [-0.3, -0.25) is 19.3 Å². The van der Waals surface area contributed by atoms with Gasteiger partial charge in [0.25, 0.3) is 11.8 Å². The number of allylic oxidation sites excluding steroid dienone is 1. The van der Waals surface area contributed by atoms with Crippen molar-refractivity contribution in [3.05, 3.63) is 179 Å². The lowest BCUT2D eigenvalue weighted by Crippen LogP contribution is -2.71. The van der Waals surface area contributed by atoms with Crippen LogP contribution in [0.1, 0.15) is 40.2 Å². The Morgan fingerprint density at radius 1 is 0.845 bits per heavy atom. The van der Waals surface area contributed by atoms with E-state index in [2.05, 4.69) is 27.4 Å². The Morgan fingerprint density at radius 2 is 1.38 bits per heavy atom. The van der Waals surface area contributed by atoms with Crippen LogP contribution in [0.25, 0.3) is 0 Å². The number of carbonyl (C=O) groups excluding carboxylic acids is 5. The molecule has 0 radical (unpaired) electrons. The number of anilines is 1. The fraction of sp³-hybridized carbons (Fsp3) is 0.140. The number of thiazole rings is 1. The van der Waals surface area contributed by atoms with E-state index in [9.17, 15) is 24.0 Å². The van der Waals surface area contributed by atoms with Crippen molar-refractivity contribution >= 4 is 64.1 Å². The van der Waals surface area contributed by atoms with Crippen molar-refractivity contribution in [1.82, 2.24) is 15.2 Å². The molecule has 292 valence electrons. The maximum atomic E-state index is 14.0. The Kier molecular flexibility index (Phi) is 12.5. The third-order valence-corrected chi connectivity index (χ3v) is 11.2. The molecule has 3 heterocycles. The van der Waals surface area contributed by atoms with Crippen molar-refractivity contribution in [2.24, 2.45) is 5.16 Å². The van der Waals surface area contributed by atoms with Gasteiger partial charge >= 0.3 is 11.9 Å². The number of esters is 2. The van der Waals surface area contributed by atoms with Crippen LogP contribution in [0.2, 0.25) is 0 Å². The molecule has 15 heteroatoms. The van der Waals surface area contributed by atoms with Crippen LogP contribution in [0.4, 0.5) is 5.13 Å². The van der Waals surface area contributed by atoms with E-state index in [1.807, 2.05) is 121 Å². The quantitative estimate of drug-likeness (QED) is 0.0401. The van der Waals surface area contributed by atoms with E-state index in [4.69, 9.17) is 14.3 Å². The monoisotopic (exact) mass is 813 g/mol. The molecule has 1 aromatic heterocycles. The van der Waals surface area contributed by atoms with Gasteiger partial charge in [0.1, 0.15) is 22.8 Å². The number of hydrogen-bond acceptors (Lipinski definition) is 12. The summed E-state index contributed by atoms with van der Waals surface area (Å²) in [6.45, 7) is 3.20. The number of β-lactam (4-membered cyclic amide) rings is 1. The molecule has 7 rings (SSSR count). The molecule has 58 heavy (non-hydrogen) atoms. The first-order valence-electron chi connectivity index (χ1n) is 17.9. The summed E-state index contributed by atoms with van der Waals surface area (Å²) >= 11 is 2.35. The van der Waals surface area contributed by atoms with E-state index in [0.717, 1.165) is 33.6 Å². The molecule has 1 saturated heterocycles. The minimum atomic E-state index is -1.08. The molecule has 4 aromatic carbocycles. The predicted molar refractivity (Wildman–Crippen MR) is 218 cm³/mol. The van der Waals surface area contributed by atoms with Gasteiger partial charge in [-0.25, -0.2) is 14.6 Å². The number of aromatic nitrogens is 1. The predicted octanol–water partition coefficient (Wildman–Crippen LogP) is 5.94. The lowest BCUT2D eigenvalue weighted by Gasteiger charge is -2.49. The summed E-state index contributed by atoms with van der Waals surface area (Å²) in [5.41, 5.74) is 3.15. The van der Waals surface area contributed by atoms with Crippen LogP contribution >= 0.6 is 23.1 Å². The van der Waals surface area contributed by atoms with E-state index in [-0.39, 0.29) is 22.2 Å². The summed E-state index contributed by atoms with van der Waals surface area (Å²) in [6, 6.07) is 35.8. The molecule has 13 nitrogen and oxygen atoms in total. The Hall–Kier alpha value is -6.84. The Morgan fingerprint density at radius 3 is 1.90 bits per heavy atom. The van der Waals surface area contributed by atoms with Crippen molar-refractivity contribution in [1.29, 1.82) is 0 Å². The Bertz CT molecular complexity index is 2280. The number of rotatable bonds is 16. The second kappa shape index (κ2) is 18.4. The van der Waals surface area contributed by atoms with E-state index >= 15 is 0 Å². The maximum Gasteiger partial charge on any atom is 0.356 e. The second-order valence-electron chi connectivity index (χ2n) is 12.8. The van der Waals surface area contributed by atoms with Crippen molar-refractivity contribution in [3.8, 4) is 0 Å². The second-order valence-corrected chi connectivity index (χ2v) is 14.7. The average Bonchev–Trinajstić information content (AvgIpc) is 3.73. The first-order chi connectivity index (χ1) is 28.4. The van der Waals surface area contributed by atoms with Gasteiger partial charge in [-0.05, 0) is 27.8 Å². The van der Waals surface area contributed by atoms with Gasteiger partial charge < -0.3 is 24.9 Å². The van der Waals surface area contributed by atoms with Gasteiger partial charge in [0.2, 0.25) is 13.0 Å². The van der Waals surface area contributed by atoms with E-state index in [1.165, 1.54) is 28.1 Å². The van der Waals surface area contributed by atoms with E-state index in [1.54, 1.807) is 0 Å².